The van der Waals surface area contributed by atoms with E-state index in [1.54, 1.807) is 6.21 Å². The molecule has 0 bridgehead atoms. The SMILES string of the molecule is N#C[C@H]1C=CC=C2C=NN=C21. The van der Waals surface area contributed by atoms with Crippen molar-refractivity contribution < 1.29 is 0 Å². The van der Waals surface area contributed by atoms with E-state index < -0.39 is 0 Å². The molecule has 0 unspecified atom stereocenters. The lowest BCUT2D eigenvalue weighted by molar-refractivity contribution is 1.11. The molecule has 0 spiro atoms. The van der Waals surface area contributed by atoms with Gasteiger partial charge in [-0.1, -0.05) is 18.2 Å². The molecule has 0 saturated heterocycles. The van der Waals surface area contributed by atoms with Crippen LogP contribution in [0.25, 0.3) is 0 Å². The number of hydrogen-bond acceptors (Lipinski definition) is 3. The third-order valence-electron chi connectivity index (χ3n) is 1.67. The lowest BCUT2D eigenvalue weighted by Gasteiger charge is -2.06. The molecule has 1 atom stereocenters. The van der Waals surface area contributed by atoms with Crippen LogP contribution >= 0.6 is 0 Å². The second kappa shape index (κ2) is 2.17. The van der Waals surface area contributed by atoms with Crippen LogP contribution < -0.4 is 0 Å². The Morgan fingerprint density at radius 1 is 1.55 bits per heavy atom. The largest absolute Gasteiger partial charge is 0.197 e. The minimum Gasteiger partial charge on any atom is -0.197 e. The van der Waals surface area contributed by atoms with Crippen LogP contribution in [0.3, 0.4) is 0 Å². The van der Waals surface area contributed by atoms with Crippen LogP contribution in [0.15, 0.2) is 34.0 Å². The first-order valence-electron chi connectivity index (χ1n) is 3.31. The Balaban J connectivity index is 2.44. The number of fused-ring (bicyclic) bond motifs is 1. The van der Waals surface area contributed by atoms with Gasteiger partial charge in [0.1, 0.15) is 5.92 Å². The van der Waals surface area contributed by atoms with Crippen LogP contribution in [0.5, 0.6) is 0 Å². The third-order valence-corrected chi connectivity index (χ3v) is 1.67. The van der Waals surface area contributed by atoms with Gasteiger partial charge in [0, 0.05) is 5.57 Å². The Bertz CT molecular complexity index is 339. The van der Waals surface area contributed by atoms with Gasteiger partial charge in [0.15, 0.2) is 0 Å². The van der Waals surface area contributed by atoms with Crippen molar-refractivity contribution in [2.45, 2.75) is 0 Å². The summed E-state index contributed by atoms with van der Waals surface area (Å²) in [6.45, 7) is 0. The van der Waals surface area contributed by atoms with Crippen LogP contribution in [0.1, 0.15) is 0 Å². The van der Waals surface area contributed by atoms with Crippen LogP contribution in [-0.4, -0.2) is 11.9 Å². The highest BCUT2D eigenvalue weighted by Crippen LogP contribution is 2.17. The molecule has 1 heterocycles. The highest BCUT2D eigenvalue weighted by atomic mass is 15.2. The smallest absolute Gasteiger partial charge is 0.109 e. The summed E-state index contributed by atoms with van der Waals surface area (Å²) in [5, 5.41) is 16.3. The molecule has 1 aliphatic carbocycles. The molecule has 0 aromatic carbocycles. The number of allylic oxidation sites excluding steroid dienone is 4. The maximum absolute atomic E-state index is 8.67. The van der Waals surface area contributed by atoms with Gasteiger partial charge in [-0.05, 0) is 0 Å². The second-order valence-corrected chi connectivity index (χ2v) is 2.34. The van der Waals surface area contributed by atoms with Gasteiger partial charge in [-0.3, -0.25) is 0 Å². The Hall–Kier alpha value is -1.69. The Labute approximate surface area is 64.1 Å². The summed E-state index contributed by atoms with van der Waals surface area (Å²) in [5.41, 5.74) is 1.73. The van der Waals surface area contributed by atoms with Gasteiger partial charge in [0.25, 0.3) is 0 Å². The van der Waals surface area contributed by atoms with E-state index in [2.05, 4.69) is 16.3 Å². The van der Waals surface area contributed by atoms with Crippen LogP contribution in [0, 0.1) is 17.2 Å². The molecule has 52 valence electrons. The average molecular weight is 143 g/mol. The van der Waals surface area contributed by atoms with Crippen molar-refractivity contribution in [3.8, 4) is 6.07 Å². The normalized spacial score (nSPS) is 25.5. The Kier molecular flexibility index (Phi) is 1.19. The van der Waals surface area contributed by atoms with E-state index in [1.165, 1.54) is 0 Å². The quantitative estimate of drug-likeness (QED) is 0.500. The van der Waals surface area contributed by atoms with Gasteiger partial charge in [-0.25, -0.2) is 0 Å². The summed E-state index contributed by atoms with van der Waals surface area (Å²) in [6, 6.07) is 2.14. The van der Waals surface area contributed by atoms with Crippen LogP contribution in [0.4, 0.5) is 0 Å². The summed E-state index contributed by atoms with van der Waals surface area (Å²) < 4.78 is 0. The fourth-order valence-electron chi connectivity index (χ4n) is 1.11. The fraction of sp³-hybridized carbons (Fsp3) is 0.125. The molecule has 2 rings (SSSR count). The van der Waals surface area contributed by atoms with E-state index in [-0.39, 0.29) is 5.92 Å². The van der Waals surface area contributed by atoms with Crippen molar-refractivity contribution in [3.05, 3.63) is 23.8 Å². The van der Waals surface area contributed by atoms with Gasteiger partial charge < -0.3 is 0 Å². The monoisotopic (exact) mass is 143 g/mol. The maximum Gasteiger partial charge on any atom is 0.109 e. The molecule has 3 nitrogen and oxygen atoms in total. The minimum absolute atomic E-state index is 0.211. The first kappa shape index (κ1) is 6.05. The first-order valence-corrected chi connectivity index (χ1v) is 3.31. The van der Waals surface area contributed by atoms with Crippen LogP contribution in [0.2, 0.25) is 0 Å². The number of hydrogen-bond donors (Lipinski definition) is 0. The number of rotatable bonds is 0. The summed E-state index contributed by atoms with van der Waals surface area (Å²) in [7, 11) is 0. The molecule has 2 aliphatic rings. The second-order valence-electron chi connectivity index (χ2n) is 2.34. The summed E-state index contributed by atoms with van der Waals surface area (Å²) >= 11 is 0. The predicted molar refractivity (Wildman–Crippen MR) is 42.3 cm³/mol. The van der Waals surface area contributed by atoms with Crippen molar-refractivity contribution in [2.75, 3.05) is 0 Å². The standard InChI is InChI=1S/C8H5N3/c9-4-6-2-1-3-7-5-10-11-8(6)7/h1-3,5-6H/t6-/m1/s1. The zero-order valence-electron chi connectivity index (χ0n) is 5.73. The maximum atomic E-state index is 8.67. The molecular weight excluding hydrogens is 138 g/mol. The number of nitriles is 1. The highest BCUT2D eigenvalue weighted by molar-refractivity contribution is 6.21. The number of nitrogens with zero attached hydrogens (tertiary/aromatic N) is 3. The summed E-state index contributed by atoms with van der Waals surface area (Å²) in [5.74, 6) is -0.211. The average Bonchev–Trinajstić information content (AvgIpc) is 2.50. The zero-order chi connectivity index (χ0) is 7.68. The van der Waals surface area contributed by atoms with E-state index in [0.717, 1.165) is 11.3 Å². The fourth-order valence-corrected chi connectivity index (χ4v) is 1.11. The van der Waals surface area contributed by atoms with Gasteiger partial charge >= 0.3 is 0 Å². The van der Waals surface area contributed by atoms with Crippen molar-refractivity contribution in [3.63, 3.8) is 0 Å². The van der Waals surface area contributed by atoms with Gasteiger partial charge in [0.05, 0.1) is 18.0 Å². The molecule has 0 saturated carbocycles. The summed E-state index contributed by atoms with van der Waals surface area (Å²) in [4.78, 5) is 0. The topological polar surface area (TPSA) is 48.5 Å². The molecule has 0 aromatic heterocycles. The van der Waals surface area contributed by atoms with Crippen molar-refractivity contribution in [1.29, 1.82) is 5.26 Å². The third kappa shape index (κ3) is 0.802. The molecule has 0 aromatic rings. The van der Waals surface area contributed by atoms with Gasteiger partial charge in [-0.15, -0.1) is 0 Å². The molecule has 0 amide bonds. The summed E-state index contributed by atoms with van der Waals surface area (Å²) in [6.07, 6.45) is 7.25. The van der Waals surface area contributed by atoms with E-state index >= 15 is 0 Å². The molecule has 1 aliphatic heterocycles. The highest BCUT2D eigenvalue weighted by Gasteiger charge is 2.20. The van der Waals surface area contributed by atoms with Gasteiger partial charge in [-0.2, -0.15) is 15.5 Å². The predicted octanol–water partition coefficient (Wildman–Crippen LogP) is 1.06. The first-order chi connectivity index (χ1) is 5.42. The minimum atomic E-state index is -0.211. The molecule has 11 heavy (non-hydrogen) atoms. The lowest BCUT2D eigenvalue weighted by atomic mass is 9.94. The molecule has 3 heteroatoms. The van der Waals surface area contributed by atoms with E-state index in [9.17, 15) is 0 Å². The van der Waals surface area contributed by atoms with Gasteiger partial charge in [0.2, 0.25) is 0 Å². The van der Waals surface area contributed by atoms with Crippen molar-refractivity contribution >= 4 is 11.9 Å². The zero-order valence-corrected chi connectivity index (χ0v) is 5.73. The van der Waals surface area contributed by atoms with E-state index in [0.29, 0.717) is 0 Å². The molecule has 0 radical (unpaired) electrons. The van der Waals surface area contributed by atoms with Crippen molar-refractivity contribution in [1.82, 2.24) is 0 Å². The Morgan fingerprint density at radius 2 is 2.45 bits per heavy atom. The molecule has 0 N–H and O–H groups in total. The van der Waals surface area contributed by atoms with Crippen molar-refractivity contribution in [2.24, 2.45) is 16.1 Å². The molecule has 0 fully saturated rings. The van der Waals surface area contributed by atoms with E-state index in [1.807, 2.05) is 18.2 Å². The Morgan fingerprint density at radius 3 is 3.27 bits per heavy atom. The lowest BCUT2D eigenvalue weighted by Crippen LogP contribution is -2.13. The molecular formula is C8H5N3. The van der Waals surface area contributed by atoms with Crippen LogP contribution in [-0.2, 0) is 0 Å². The van der Waals surface area contributed by atoms with E-state index in [4.69, 9.17) is 5.26 Å².